The molecule has 6 heteroatoms. The van der Waals surface area contributed by atoms with Gasteiger partial charge >= 0.3 is 0 Å². The van der Waals surface area contributed by atoms with E-state index in [1.807, 2.05) is 0 Å². The van der Waals surface area contributed by atoms with Gasteiger partial charge in [0.2, 0.25) is 5.91 Å². The lowest BCUT2D eigenvalue weighted by molar-refractivity contribution is -0.117. The molecule has 1 rings (SSSR count). The van der Waals surface area contributed by atoms with Crippen molar-refractivity contribution in [3.8, 4) is 0 Å². The first-order valence-corrected chi connectivity index (χ1v) is 5.56. The minimum absolute atomic E-state index is 0.308. The number of benzene rings is 1. The summed E-state index contributed by atoms with van der Waals surface area (Å²) in [7, 11) is 0. The molecule has 2 N–H and O–H groups in total. The molecule has 0 saturated carbocycles. The lowest BCUT2D eigenvalue weighted by atomic mass is 10.1. The average molecular weight is 317 g/mol. The van der Waals surface area contributed by atoms with Gasteiger partial charge in [-0.1, -0.05) is 50.7 Å². The number of hydrogen-bond donors (Lipinski definition) is 1. The van der Waals surface area contributed by atoms with Gasteiger partial charge in [-0.15, -0.1) is 0 Å². The van der Waals surface area contributed by atoms with Gasteiger partial charge in [-0.25, -0.2) is 0 Å². The summed E-state index contributed by atoms with van der Waals surface area (Å²) in [5.74, 6) is -0.559. The van der Waals surface area contributed by atoms with E-state index in [9.17, 15) is 4.79 Å². The monoisotopic (exact) mass is 315 g/mol. The molecule has 0 bridgehead atoms. The Hall–Kier alpha value is 0.0400. The Labute approximate surface area is 104 Å². The summed E-state index contributed by atoms with van der Waals surface area (Å²) in [5, 5.41) is 1.03. The third kappa shape index (κ3) is 2.54. The van der Waals surface area contributed by atoms with Crippen molar-refractivity contribution < 1.29 is 4.79 Å². The Kier molecular flexibility index (Phi) is 4.07. The van der Waals surface area contributed by atoms with E-state index in [1.54, 1.807) is 0 Å². The highest BCUT2D eigenvalue weighted by atomic mass is 79.9. The zero-order valence-electron chi connectivity index (χ0n) is 6.73. The number of primary amides is 1. The van der Waals surface area contributed by atoms with Crippen LogP contribution in [0.1, 0.15) is 10.4 Å². The first-order valence-electron chi connectivity index (χ1n) is 3.51. The summed E-state index contributed by atoms with van der Waals surface area (Å²) in [6.45, 7) is 0. The Morgan fingerprint density at radius 2 is 1.71 bits per heavy atom. The smallest absolute Gasteiger partial charge is 0.235 e. The summed E-state index contributed by atoms with van der Waals surface area (Å²) in [6, 6.07) is 3.00. The van der Waals surface area contributed by atoms with E-state index in [1.165, 1.54) is 12.1 Å². The molecule has 1 unspecified atom stereocenters. The number of rotatable bonds is 2. The number of nitrogens with two attached hydrogens (primary N) is 1. The first kappa shape index (κ1) is 12.1. The summed E-state index contributed by atoms with van der Waals surface area (Å²) < 4.78 is 0. The predicted octanol–water partition coefficient (Wildman–Crippen LogP) is 3.57. The fraction of sp³-hybridized carbons (Fsp3) is 0.125. The van der Waals surface area contributed by atoms with Crippen LogP contribution in [0.15, 0.2) is 12.1 Å². The fourth-order valence-electron chi connectivity index (χ4n) is 0.938. The van der Waals surface area contributed by atoms with Gasteiger partial charge in [-0.2, -0.15) is 0 Å². The van der Waals surface area contributed by atoms with Gasteiger partial charge in [0, 0.05) is 20.6 Å². The molecule has 1 atom stereocenters. The maximum atomic E-state index is 10.9. The lowest BCUT2D eigenvalue weighted by Gasteiger charge is -2.10. The summed E-state index contributed by atoms with van der Waals surface area (Å²) >= 11 is 20.5. The highest BCUT2D eigenvalue weighted by Gasteiger charge is 2.20. The number of alkyl halides is 1. The quantitative estimate of drug-likeness (QED) is 0.833. The van der Waals surface area contributed by atoms with Crippen LogP contribution in [0.3, 0.4) is 0 Å². The second-order valence-electron chi connectivity index (χ2n) is 2.55. The van der Waals surface area contributed by atoms with E-state index in [2.05, 4.69) is 15.9 Å². The van der Waals surface area contributed by atoms with E-state index < -0.39 is 10.7 Å². The average Bonchev–Trinajstić information content (AvgIpc) is 2.01. The van der Waals surface area contributed by atoms with Crippen LogP contribution in [0, 0.1) is 0 Å². The summed E-state index contributed by atoms with van der Waals surface area (Å²) in [4.78, 5) is 10.2. The normalized spacial score (nSPS) is 12.6. The molecule has 0 aliphatic carbocycles. The molecule has 2 nitrogen and oxygen atoms in total. The predicted molar refractivity (Wildman–Crippen MR) is 62.3 cm³/mol. The minimum atomic E-state index is -0.709. The van der Waals surface area contributed by atoms with Gasteiger partial charge < -0.3 is 5.73 Å². The second kappa shape index (κ2) is 4.71. The standard InChI is InChI=1S/C8H5BrCl3NO/c9-7(8(13)14)6-4(11)1-3(10)2-5(6)12/h1-2,7H,(H2,13,14). The molecular weight excluding hydrogens is 312 g/mol. The zero-order chi connectivity index (χ0) is 10.9. The highest BCUT2D eigenvalue weighted by Crippen LogP contribution is 2.37. The van der Waals surface area contributed by atoms with Crippen molar-refractivity contribution in [2.24, 2.45) is 5.73 Å². The van der Waals surface area contributed by atoms with Gasteiger partial charge in [0.25, 0.3) is 0 Å². The maximum Gasteiger partial charge on any atom is 0.235 e. The molecule has 0 fully saturated rings. The van der Waals surface area contributed by atoms with Crippen molar-refractivity contribution >= 4 is 56.6 Å². The van der Waals surface area contributed by atoms with Crippen LogP contribution >= 0.6 is 50.7 Å². The van der Waals surface area contributed by atoms with E-state index in [0.717, 1.165) is 0 Å². The van der Waals surface area contributed by atoms with Crippen LogP contribution in [0.4, 0.5) is 0 Å². The van der Waals surface area contributed by atoms with Gasteiger partial charge in [0.05, 0.1) is 0 Å². The van der Waals surface area contributed by atoms with Crippen molar-refractivity contribution in [2.75, 3.05) is 0 Å². The van der Waals surface area contributed by atoms with Gasteiger partial charge in [-0.3, -0.25) is 4.79 Å². The molecule has 0 saturated heterocycles. The Morgan fingerprint density at radius 3 is 2.07 bits per heavy atom. The molecule has 0 aromatic heterocycles. The van der Waals surface area contributed by atoms with Crippen LogP contribution in [-0.4, -0.2) is 5.91 Å². The van der Waals surface area contributed by atoms with Crippen molar-refractivity contribution in [3.63, 3.8) is 0 Å². The van der Waals surface area contributed by atoms with Crippen LogP contribution in [0.5, 0.6) is 0 Å². The van der Waals surface area contributed by atoms with Crippen LogP contribution in [-0.2, 0) is 4.79 Å². The third-order valence-electron chi connectivity index (χ3n) is 1.55. The number of carbonyl (C=O) groups is 1. The van der Waals surface area contributed by atoms with Crippen molar-refractivity contribution in [1.82, 2.24) is 0 Å². The van der Waals surface area contributed by atoms with Gasteiger partial charge in [-0.05, 0) is 12.1 Å². The maximum absolute atomic E-state index is 10.9. The molecule has 0 spiro atoms. The molecule has 1 amide bonds. The Bertz CT molecular complexity index is 360. The van der Waals surface area contributed by atoms with E-state index >= 15 is 0 Å². The molecule has 0 heterocycles. The summed E-state index contributed by atoms with van der Waals surface area (Å²) in [5.41, 5.74) is 5.54. The van der Waals surface area contributed by atoms with Crippen LogP contribution in [0.2, 0.25) is 15.1 Å². The summed E-state index contributed by atoms with van der Waals surface area (Å²) in [6.07, 6.45) is 0. The van der Waals surface area contributed by atoms with Crippen molar-refractivity contribution in [3.05, 3.63) is 32.8 Å². The van der Waals surface area contributed by atoms with E-state index in [0.29, 0.717) is 20.6 Å². The molecule has 1 aromatic carbocycles. The molecular formula is C8H5BrCl3NO. The fourth-order valence-corrected chi connectivity index (χ4v) is 2.73. The number of hydrogen-bond acceptors (Lipinski definition) is 1. The van der Waals surface area contributed by atoms with Crippen LogP contribution in [0.25, 0.3) is 0 Å². The van der Waals surface area contributed by atoms with E-state index in [-0.39, 0.29) is 0 Å². The topological polar surface area (TPSA) is 43.1 Å². The molecule has 76 valence electrons. The Morgan fingerprint density at radius 1 is 1.29 bits per heavy atom. The second-order valence-corrected chi connectivity index (χ2v) is 4.71. The van der Waals surface area contributed by atoms with Crippen LogP contribution < -0.4 is 5.73 Å². The molecule has 0 aliphatic heterocycles. The third-order valence-corrected chi connectivity index (χ3v) is 3.30. The number of halogens is 4. The lowest BCUT2D eigenvalue weighted by Crippen LogP contribution is -2.17. The highest BCUT2D eigenvalue weighted by molar-refractivity contribution is 9.09. The first-order chi connectivity index (χ1) is 6.43. The van der Waals surface area contributed by atoms with Crippen molar-refractivity contribution in [1.29, 1.82) is 0 Å². The molecule has 0 radical (unpaired) electrons. The Balaban J connectivity index is 3.27. The SMILES string of the molecule is NC(=O)C(Br)c1c(Cl)cc(Cl)cc1Cl. The van der Waals surface area contributed by atoms with Gasteiger partial charge in [0.15, 0.2) is 0 Å². The minimum Gasteiger partial charge on any atom is -0.368 e. The molecule has 0 aliphatic rings. The zero-order valence-corrected chi connectivity index (χ0v) is 10.6. The van der Waals surface area contributed by atoms with Gasteiger partial charge in [0.1, 0.15) is 4.83 Å². The number of carbonyl (C=O) groups excluding carboxylic acids is 1. The van der Waals surface area contributed by atoms with Crippen molar-refractivity contribution in [2.45, 2.75) is 4.83 Å². The number of amides is 1. The largest absolute Gasteiger partial charge is 0.368 e. The van der Waals surface area contributed by atoms with E-state index in [4.69, 9.17) is 40.5 Å². The molecule has 14 heavy (non-hydrogen) atoms. The molecule has 1 aromatic rings.